The number of aliphatic hydroxyl groups is 2. The van der Waals surface area contributed by atoms with Gasteiger partial charge < -0.3 is 10.2 Å². The molecule has 2 heterocycles. The predicted molar refractivity (Wildman–Crippen MR) is 48.2 cm³/mol. The second-order valence-corrected chi connectivity index (χ2v) is 5.02. The van der Waals surface area contributed by atoms with Crippen LogP contribution < -0.4 is 0 Å². The molecular formula is C10H17NO2. The van der Waals surface area contributed by atoms with Crippen molar-refractivity contribution in [3.05, 3.63) is 0 Å². The van der Waals surface area contributed by atoms with Gasteiger partial charge in [-0.15, -0.1) is 0 Å². The highest BCUT2D eigenvalue weighted by molar-refractivity contribution is 5.08. The zero-order valence-corrected chi connectivity index (χ0v) is 7.93. The molecule has 0 spiro atoms. The van der Waals surface area contributed by atoms with Crippen LogP contribution in [0.4, 0.5) is 0 Å². The van der Waals surface area contributed by atoms with Gasteiger partial charge in [-0.05, 0) is 38.1 Å². The van der Waals surface area contributed by atoms with Gasteiger partial charge in [0, 0.05) is 6.04 Å². The molecule has 74 valence electrons. The minimum Gasteiger partial charge on any atom is -0.391 e. The maximum atomic E-state index is 9.97. The second-order valence-electron chi connectivity index (χ2n) is 5.02. The predicted octanol–water partition coefficient (Wildman–Crippen LogP) is -0.179. The quantitative estimate of drug-likeness (QED) is 0.547. The van der Waals surface area contributed by atoms with Gasteiger partial charge in [0.15, 0.2) is 0 Å². The van der Waals surface area contributed by atoms with Crippen molar-refractivity contribution in [1.29, 1.82) is 0 Å². The first-order valence-corrected chi connectivity index (χ1v) is 5.26. The molecule has 4 fully saturated rings. The van der Waals surface area contributed by atoms with E-state index in [0.717, 1.165) is 19.3 Å². The Hall–Kier alpha value is -0.120. The van der Waals surface area contributed by atoms with E-state index in [2.05, 4.69) is 4.90 Å². The Labute approximate surface area is 78.4 Å². The molecule has 4 aliphatic rings. The number of rotatable bonds is 0. The summed E-state index contributed by atoms with van der Waals surface area (Å²) in [4.78, 5) is 2.20. The monoisotopic (exact) mass is 183 g/mol. The van der Waals surface area contributed by atoms with Crippen molar-refractivity contribution < 1.29 is 10.2 Å². The summed E-state index contributed by atoms with van der Waals surface area (Å²) in [5.41, 5.74) is 0. The molecule has 4 bridgehead atoms. The highest BCUT2D eigenvalue weighted by atomic mass is 16.3. The molecule has 2 saturated heterocycles. The molecule has 2 aliphatic carbocycles. The molecule has 4 atom stereocenters. The van der Waals surface area contributed by atoms with Crippen molar-refractivity contribution in [3.63, 3.8) is 0 Å². The first kappa shape index (κ1) is 8.21. The maximum absolute atomic E-state index is 9.97. The van der Waals surface area contributed by atoms with E-state index in [1.54, 1.807) is 0 Å². The lowest BCUT2D eigenvalue weighted by molar-refractivity contribution is -0.186. The van der Waals surface area contributed by atoms with Crippen LogP contribution >= 0.6 is 0 Å². The lowest BCUT2D eigenvalue weighted by atomic mass is 9.61. The van der Waals surface area contributed by atoms with Gasteiger partial charge in [-0.1, -0.05) is 0 Å². The summed E-state index contributed by atoms with van der Waals surface area (Å²) in [5, 5.41) is 19.9. The summed E-state index contributed by atoms with van der Waals surface area (Å²) in [6, 6.07) is 0.650. The molecular weight excluding hydrogens is 166 g/mol. The molecule has 2 saturated carbocycles. The third-order valence-corrected chi connectivity index (χ3v) is 4.47. The first-order valence-electron chi connectivity index (χ1n) is 5.26. The molecule has 0 aromatic heterocycles. The van der Waals surface area contributed by atoms with E-state index in [-0.39, 0.29) is 18.2 Å². The fourth-order valence-corrected chi connectivity index (χ4v) is 3.75. The Morgan fingerprint density at radius 1 is 1.00 bits per heavy atom. The summed E-state index contributed by atoms with van der Waals surface area (Å²) in [5.74, 6) is 0.932. The van der Waals surface area contributed by atoms with Crippen LogP contribution in [0, 0.1) is 11.8 Å². The Morgan fingerprint density at radius 3 is 2.08 bits per heavy atom. The fraction of sp³-hybridized carbons (Fsp3) is 1.00. The van der Waals surface area contributed by atoms with Crippen molar-refractivity contribution >= 4 is 0 Å². The van der Waals surface area contributed by atoms with Crippen molar-refractivity contribution in [2.75, 3.05) is 7.05 Å². The minimum absolute atomic E-state index is 0.0243. The Balaban J connectivity index is 1.97. The largest absolute Gasteiger partial charge is 0.391 e. The highest BCUT2D eigenvalue weighted by Crippen LogP contribution is 2.48. The summed E-state index contributed by atoms with van der Waals surface area (Å²) in [6.07, 6.45) is 2.75. The van der Waals surface area contributed by atoms with Crippen molar-refractivity contribution in [2.45, 2.75) is 43.6 Å². The molecule has 0 aromatic carbocycles. The van der Waals surface area contributed by atoms with Gasteiger partial charge in [0.2, 0.25) is 0 Å². The number of aliphatic hydroxyl groups excluding tert-OH is 2. The average Bonchev–Trinajstić information content (AvgIpc) is 2.12. The molecule has 0 aromatic rings. The standard InChI is InChI=1S/C10H17NO2/c1-11-7-3-5-2-6(4-7)10(13)8(11)9(5)12/h5-10,12-13H,2-4H2,1H3. The zero-order chi connectivity index (χ0) is 9.16. The number of piperidine rings is 2. The summed E-state index contributed by atoms with van der Waals surface area (Å²) >= 11 is 0. The van der Waals surface area contributed by atoms with Crippen LogP contribution in [0.5, 0.6) is 0 Å². The van der Waals surface area contributed by atoms with E-state index in [0.29, 0.717) is 17.9 Å². The summed E-state index contributed by atoms with van der Waals surface area (Å²) in [6.45, 7) is 0. The molecule has 4 rings (SSSR count). The minimum atomic E-state index is -0.284. The van der Waals surface area contributed by atoms with Crippen LogP contribution in [0.1, 0.15) is 19.3 Å². The van der Waals surface area contributed by atoms with Crippen molar-refractivity contribution in [3.8, 4) is 0 Å². The van der Waals surface area contributed by atoms with Gasteiger partial charge in [0.1, 0.15) is 0 Å². The molecule has 3 nitrogen and oxygen atoms in total. The summed E-state index contributed by atoms with van der Waals surface area (Å²) < 4.78 is 0. The van der Waals surface area contributed by atoms with Gasteiger partial charge in [0.25, 0.3) is 0 Å². The Kier molecular flexibility index (Phi) is 1.56. The molecule has 4 unspecified atom stereocenters. The van der Waals surface area contributed by atoms with E-state index in [1.165, 1.54) is 0 Å². The Morgan fingerprint density at radius 2 is 1.54 bits per heavy atom. The maximum Gasteiger partial charge on any atom is 0.0749 e. The normalized spacial score (nSPS) is 60.2. The van der Waals surface area contributed by atoms with Crippen molar-refractivity contribution in [1.82, 2.24) is 4.90 Å². The number of hydrogen-bond donors (Lipinski definition) is 2. The zero-order valence-electron chi connectivity index (χ0n) is 7.93. The van der Waals surface area contributed by atoms with Gasteiger partial charge in [-0.3, -0.25) is 4.90 Å². The number of likely N-dealkylation sites (N-methyl/N-ethyl adjacent to an activating group) is 1. The molecule has 0 amide bonds. The van der Waals surface area contributed by atoms with Crippen LogP contribution in [-0.2, 0) is 0 Å². The molecule has 13 heavy (non-hydrogen) atoms. The fourth-order valence-electron chi connectivity index (χ4n) is 3.75. The van der Waals surface area contributed by atoms with Crippen LogP contribution in [-0.4, -0.2) is 46.5 Å². The third-order valence-electron chi connectivity index (χ3n) is 4.47. The topological polar surface area (TPSA) is 43.7 Å². The van der Waals surface area contributed by atoms with E-state index in [4.69, 9.17) is 0 Å². The van der Waals surface area contributed by atoms with Crippen LogP contribution in [0.15, 0.2) is 0 Å². The van der Waals surface area contributed by atoms with E-state index < -0.39 is 0 Å². The number of hydrogen-bond acceptors (Lipinski definition) is 3. The SMILES string of the molecule is CN1C2CC3CC(C2)C(O)C1C3O. The lowest BCUT2D eigenvalue weighted by Gasteiger charge is -2.59. The van der Waals surface area contributed by atoms with Gasteiger partial charge in [0.05, 0.1) is 18.2 Å². The smallest absolute Gasteiger partial charge is 0.0749 e. The van der Waals surface area contributed by atoms with E-state index in [1.807, 2.05) is 7.05 Å². The summed E-state index contributed by atoms with van der Waals surface area (Å²) in [7, 11) is 2.04. The second kappa shape index (κ2) is 2.47. The molecule has 3 heteroatoms. The molecule has 2 N–H and O–H groups in total. The van der Waals surface area contributed by atoms with Crippen molar-refractivity contribution in [2.24, 2.45) is 11.8 Å². The number of nitrogens with zero attached hydrogens (tertiary/aromatic N) is 1. The van der Waals surface area contributed by atoms with Crippen LogP contribution in [0.25, 0.3) is 0 Å². The Bertz CT molecular complexity index is 189. The molecule has 0 radical (unpaired) electrons. The van der Waals surface area contributed by atoms with E-state index >= 15 is 0 Å². The third kappa shape index (κ3) is 0.901. The average molecular weight is 183 g/mol. The molecule has 2 aliphatic heterocycles. The van der Waals surface area contributed by atoms with Gasteiger partial charge in [-0.2, -0.15) is 0 Å². The van der Waals surface area contributed by atoms with Crippen LogP contribution in [0.2, 0.25) is 0 Å². The van der Waals surface area contributed by atoms with Gasteiger partial charge >= 0.3 is 0 Å². The van der Waals surface area contributed by atoms with Gasteiger partial charge in [-0.25, -0.2) is 0 Å². The highest BCUT2D eigenvalue weighted by Gasteiger charge is 2.55. The first-order chi connectivity index (χ1) is 6.18. The van der Waals surface area contributed by atoms with Crippen LogP contribution in [0.3, 0.4) is 0 Å². The van der Waals surface area contributed by atoms with E-state index in [9.17, 15) is 10.2 Å². The lowest BCUT2D eigenvalue weighted by Crippen LogP contribution is -2.69.